The van der Waals surface area contributed by atoms with Gasteiger partial charge in [-0.15, -0.1) is 10.2 Å². The van der Waals surface area contributed by atoms with Crippen molar-refractivity contribution in [2.75, 3.05) is 0 Å². The first kappa shape index (κ1) is 17.6. The predicted molar refractivity (Wildman–Crippen MR) is 95.4 cm³/mol. The Morgan fingerprint density at radius 2 is 1.87 bits per heavy atom. The minimum atomic E-state index is 0.0816. The van der Waals surface area contributed by atoms with Crippen molar-refractivity contribution in [2.45, 2.75) is 58.9 Å². The van der Waals surface area contributed by atoms with Crippen LogP contribution in [0.2, 0.25) is 0 Å². The third kappa shape index (κ3) is 5.13. The molecule has 2 rings (SSSR count). The Morgan fingerprint density at radius 3 is 2.48 bits per heavy atom. The highest BCUT2D eigenvalue weighted by atomic mass is 32.1. The molecule has 0 radical (unpaired) electrons. The molecule has 1 N–H and O–H groups in total. The molecule has 0 fully saturated rings. The van der Waals surface area contributed by atoms with Crippen LogP contribution in [0.25, 0.3) is 10.6 Å². The quantitative estimate of drug-likeness (QED) is 0.858. The molecular formula is C18H25N3OS. The van der Waals surface area contributed by atoms with Gasteiger partial charge < -0.3 is 5.32 Å². The molecule has 1 amide bonds. The second-order valence-corrected chi connectivity index (χ2v) is 7.77. The number of unbranched alkanes of at least 4 members (excludes halogenated alkanes) is 1. The largest absolute Gasteiger partial charge is 0.350 e. The van der Waals surface area contributed by atoms with E-state index in [9.17, 15) is 4.79 Å². The van der Waals surface area contributed by atoms with Gasteiger partial charge in [0.25, 0.3) is 0 Å². The molecule has 0 atom stereocenters. The highest BCUT2D eigenvalue weighted by Gasteiger charge is 2.14. The lowest BCUT2D eigenvalue weighted by Gasteiger charge is -2.18. The summed E-state index contributed by atoms with van der Waals surface area (Å²) in [7, 11) is 0. The monoisotopic (exact) mass is 331 g/mol. The molecule has 0 unspecified atom stereocenters. The second kappa shape index (κ2) is 7.68. The minimum Gasteiger partial charge on any atom is -0.350 e. The summed E-state index contributed by atoms with van der Waals surface area (Å²) in [5.41, 5.74) is 2.52. The molecule has 2 aromatic rings. The Morgan fingerprint density at radius 1 is 1.17 bits per heavy atom. The number of hydrogen-bond acceptors (Lipinski definition) is 4. The van der Waals surface area contributed by atoms with Crippen LogP contribution < -0.4 is 5.32 Å². The van der Waals surface area contributed by atoms with Gasteiger partial charge in [-0.05, 0) is 17.4 Å². The van der Waals surface area contributed by atoms with E-state index in [1.54, 1.807) is 0 Å². The van der Waals surface area contributed by atoms with Gasteiger partial charge in [-0.1, -0.05) is 69.7 Å². The van der Waals surface area contributed by atoms with Crippen molar-refractivity contribution in [1.29, 1.82) is 0 Å². The summed E-state index contributed by atoms with van der Waals surface area (Å²) in [5.74, 6) is 0.0816. The Bertz CT molecular complexity index is 641. The molecule has 4 nitrogen and oxygen atoms in total. The van der Waals surface area contributed by atoms with E-state index in [0.29, 0.717) is 13.0 Å². The summed E-state index contributed by atoms with van der Waals surface area (Å²) in [6.45, 7) is 9.14. The molecule has 0 saturated carbocycles. The van der Waals surface area contributed by atoms with Crippen LogP contribution in [0.5, 0.6) is 0 Å². The van der Waals surface area contributed by atoms with Gasteiger partial charge in [-0.2, -0.15) is 0 Å². The van der Waals surface area contributed by atoms with E-state index in [0.717, 1.165) is 28.4 Å². The molecule has 0 aliphatic heterocycles. The molecule has 0 bridgehead atoms. The first-order valence-electron chi connectivity index (χ1n) is 8.10. The number of carbonyl (C=O) groups excluding carboxylic acids is 1. The lowest BCUT2D eigenvalue weighted by Crippen LogP contribution is -2.22. The first-order valence-corrected chi connectivity index (χ1v) is 8.92. The molecule has 124 valence electrons. The summed E-state index contributed by atoms with van der Waals surface area (Å²) >= 11 is 1.53. The number of aromatic nitrogens is 2. The smallest absolute Gasteiger partial charge is 0.220 e. The molecule has 5 heteroatoms. The topological polar surface area (TPSA) is 54.9 Å². The number of nitrogens with zero attached hydrogens (tertiary/aromatic N) is 2. The third-order valence-corrected chi connectivity index (χ3v) is 4.63. The van der Waals surface area contributed by atoms with Gasteiger partial charge >= 0.3 is 0 Å². The number of rotatable bonds is 6. The van der Waals surface area contributed by atoms with E-state index in [-0.39, 0.29) is 11.3 Å². The molecule has 0 aliphatic carbocycles. The van der Waals surface area contributed by atoms with Crippen molar-refractivity contribution < 1.29 is 4.79 Å². The molecule has 1 aromatic heterocycles. The molecule has 0 spiro atoms. The lowest BCUT2D eigenvalue weighted by molar-refractivity contribution is -0.121. The molecule has 0 saturated heterocycles. The van der Waals surface area contributed by atoms with Crippen LogP contribution >= 0.6 is 11.3 Å². The lowest BCUT2D eigenvalue weighted by atomic mass is 9.87. The zero-order valence-electron chi connectivity index (χ0n) is 14.3. The average Bonchev–Trinajstić information content (AvgIpc) is 2.99. The van der Waals surface area contributed by atoms with Crippen molar-refractivity contribution in [1.82, 2.24) is 15.5 Å². The Balaban J connectivity index is 1.98. The normalized spacial score (nSPS) is 11.5. The third-order valence-electron chi connectivity index (χ3n) is 3.66. The summed E-state index contributed by atoms with van der Waals surface area (Å²) in [4.78, 5) is 11.6. The fraction of sp³-hybridized carbons (Fsp3) is 0.500. The van der Waals surface area contributed by atoms with Gasteiger partial charge in [0.15, 0.2) is 0 Å². The van der Waals surface area contributed by atoms with E-state index in [2.05, 4.69) is 67.5 Å². The molecular weight excluding hydrogens is 306 g/mol. The summed E-state index contributed by atoms with van der Waals surface area (Å²) < 4.78 is 0. The maximum absolute atomic E-state index is 11.6. The minimum absolute atomic E-state index is 0.0816. The van der Waals surface area contributed by atoms with Crippen LogP contribution in [0.1, 0.15) is 57.5 Å². The van der Waals surface area contributed by atoms with Crippen LogP contribution in [0, 0.1) is 0 Å². The number of carbonyl (C=O) groups is 1. The highest BCUT2D eigenvalue weighted by molar-refractivity contribution is 7.14. The molecule has 23 heavy (non-hydrogen) atoms. The van der Waals surface area contributed by atoms with Crippen molar-refractivity contribution >= 4 is 17.2 Å². The average molecular weight is 331 g/mol. The first-order chi connectivity index (χ1) is 10.9. The number of benzene rings is 1. The number of hydrogen-bond donors (Lipinski definition) is 1. The van der Waals surface area contributed by atoms with Crippen molar-refractivity contribution in [3.05, 3.63) is 34.8 Å². The molecule has 1 heterocycles. The van der Waals surface area contributed by atoms with Gasteiger partial charge in [-0.25, -0.2) is 0 Å². The zero-order valence-corrected chi connectivity index (χ0v) is 15.2. The Labute approximate surface area is 142 Å². The van der Waals surface area contributed by atoms with E-state index in [1.165, 1.54) is 16.9 Å². The Hall–Kier alpha value is -1.75. The van der Waals surface area contributed by atoms with Crippen LogP contribution in [-0.4, -0.2) is 16.1 Å². The van der Waals surface area contributed by atoms with Crippen molar-refractivity contribution in [2.24, 2.45) is 0 Å². The molecule has 1 aromatic carbocycles. The van der Waals surface area contributed by atoms with Gasteiger partial charge in [-0.3, -0.25) is 4.79 Å². The standard InChI is InChI=1S/C18H25N3OS/c1-5-6-7-15(22)19-12-16-20-21-17(23-16)13-8-10-14(11-9-13)18(2,3)4/h8-11H,5-7,12H2,1-4H3,(H,19,22). The maximum Gasteiger partial charge on any atom is 0.220 e. The number of amides is 1. The van der Waals surface area contributed by atoms with Crippen LogP contribution in [-0.2, 0) is 16.8 Å². The van der Waals surface area contributed by atoms with E-state index < -0.39 is 0 Å². The zero-order chi connectivity index (χ0) is 16.9. The summed E-state index contributed by atoms with van der Waals surface area (Å²) in [5, 5.41) is 13.0. The SMILES string of the molecule is CCCCC(=O)NCc1nnc(-c2ccc(C(C)(C)C)cc2)s1. The van der Waals surface area contributed by atoms with Crippen LogP contribution in [0.4, 0.5) is 0 Å². The predicted octanol–water partition coefficient (Wildman–Crippen LogP) is 4.31. The second-order valence-electron chi connectivity index (χ2n) is 6.71. The Kier molecular flexibility index (Phi) is 5.88. The van der Waals surface area contributed by atoms with Gasteiger partial charge in [0, 0.05) is 12.0 Å². The summed E-state index contributed by atoms with van der Waals surface area (Å²) in [6, 6.07) is 8.46. The molecule has 0 aliphatic rings. The van der Waals surface area contributed by atoms with E-state index >= 15 is 0 Å². The van der Waals surface area contributed by atoms with E-state index in [1.807, 2.05) is 0 Å². The fourth-order valence-electron chi connectivity index (χ4n) is 2.15. The van der Waals surface area contributed by atoms with E-state index in [4.69, 9.17) is 0 Å². The van der Waals surface area contributed by atoms with Gasteiger partial charge in [0.05, 0.1) is 6.54 Å². The van der Waals surface area contributed by atoms with Crippen molar-refractivity contribution in [3.63, 3.8) is 0 Å². The van der Waals surface area contributed by atoms with Gasteiger partial charge in [0.1, 0.15) is 10.0 Å². The van der Waals surface area contributed by atoms with Crippen molar-refractivity contribution in [3.8, 4) is 10.6 Å². The highest BCUT2D eigenvalue weighted by Crippen LogP contribution is 2.27. The number of nitrogens with one attached hydrogen (secondary N) is 1. The van der Waals surface area contributed by atoms with Crippen LogP contribution in [0.15, 0.2) is 24.3 Å². The fourth-order valence-corrected chi connectivity index (χ4v) is 2.94. The maximum atomic E-state index is 11.6. The van der Waals surface area contributed by atoms with Crippen LogP contribution in [0.3, 0.4) is 0 Å². The summed E-state index contributed by atoms with van der Waals surface area (Å²) in [6.07, 6.45) is 2.53. The van der Waals surface area contributed by atoms with Gasteiger partial charge in [0.2, 0.25) is 5.91 Å².